The quantitative estimate of drug-likeness (QED) is 0.884. The fourth-order valence-corrected chi connectivity index (χ4v) is 4.90. The highest BCUT2D eigenvalue weighted by atomic mass is 32.1. The van der Waals surface area contributed by atoms with Crippen LogP contribution in [0.3, 0.4) is 0 Å². The molecule has 0 unspecified atom stereocenters. The van der Waals surface area contributed by atoms with Crippen molar-refractivity contribution in [1.82, 2.24) is 15.2 Å². The van der Waals surface area contributed by atoms with E-state index in [1.165, 1.54) is 37.3 Å². The van der Waals surface area contributed by atoms with Crippen LogP contribution in [-0.4, -0.2) is 48.0 Å². The van der Waals surface area contributed by atoms with Crippen LogP contribution in [0.1, 0.15) is 29.4 Å². The summed E-state index contributed by atoms with van der Waals surface area (Å²) in [6.45, 7) is 4.58. The molecule has 0 radical (unpaired) electrons. The number of hydrogen-bond donors (Lipinski definition) is 2. The van der Waals surface area contributed by atoms with Crippen LogP contribution in [0.15, 0.2) is 30.5 Å². The third kappa shape index (κ3) is 3.16. The van der Waals surface area contributed by atoms with Gasteiger partial charge in [0.2, 0.25) is 0 Å². The molecule has 3 aliphatic heterocycles. The molecular formula is C19H24N4OS. The van der Waals surface area contributed by atoms with Crippen LogP contribution >= 0.6 is 11.3 Å². The van der Waals surface area contributed by atoms with E-state index in [0.717, 1.165) is 16.3 Å². The van der Waals surface area contributed by atoms with Gasteiger partial charge in [-0.3, -0.25) is 9.69 Å². The number of amides is 1. The lowest BCUT2D eigenvalue weighted by Crippen LogP contribution is -2.62. The van der Waals surface area contributed by atoms with Gasteiger partial charge in [0.1, 0.15) is 9.88 Å². The van der Waals surface area contributed by atoms with Crippen molar-refractivity contribution in [2.75, 3.05) is 25.5 Å². The molecule has 3 aliphatic rings. The highest BCUT2D eigenvalue weighted by Gasteiger charge is 2.40. The van der Waals surface area contributed by atoms with Gasteiger partial charge in [0.05, 0.1) is 6.20 Å². The Morgan fingerprint density at radius 2 is 2.12 bits per heavy atom. The number of fused-ring (bicyclic) bond motifs is 3. The molecule has 6 heteroatoms. The molecule has 0 spiro atoms. The van der Waals surface area contributed by atoms with Gasteiger partial charge in [0.15, 0.2) is 0 Å². The minimum Gasteiger partial charge on any atom is -0.388 e. The molecular weight excluding hydrogens is 332 g/mol. The van der Waals surface area contributed by atoms with Crippen molar-refractivity contribution in [3.63, 3.8) is 0 Å². The van der Waals surface area contributed by atoms with E-state index in [1.807, 2.05) is 25.2 Å². The first-order chi connectivity index (χ1) is 12.2. The molecule has 2 bridgehead atoms. The second kappa shape index (κ2) is 6.77. The zero-order valence-electron chi connectivity index (χ0n) is 14.7. The number of nitrogens with zero attached hydrogens (tertiary/aromatic N) is 2. The van der Waals surface area contributed by atoms with Gasteiger partial charge in [0.25, 0.3) is 5.91 Å². The average molecular weight is 356 g/mol. The van der Waals surface area contributed by atoms with E-state index in [9.17, 15) is 4.79 Å². The lowest BCUT2D eigenvalue weighted by atomic mass is 9.79. The molecule has 0 saturated carbocycles. The van der Waals surface area contributed by atoms with E-state index in [4.69, 9.17) is 0 Å². The smallest absolute Gasteiger partial charge is 0.263 e. The maximum Gasteiger partial charge on any atom is 0.263 e. The van der Waals surface area contributed by atoms with E-state index in [2.05, 4.69) is 33.5 Å². The van der Waals surface area contributed by atoms with Crippen LogP contribution in [0.4, 0.5) is 5.69 Å². The topological polar surface area (TPSA) is 57.3 Å². The van der Waals surface area contributed by atoms with Crippen LogP contribution in [0.2, 0.25) is 0 Å². The largest absolute Gasteiger partial charge is 0.388 e. The van der Waals surface area contributed by atoms with Crippen LogP contribution in [-0.2, 0) is 0 Å². The number of nitrogens with one attached hydrogen (secondary N) is 2. The fourth-order valence-electron chi connectivity index (χ4n) is 4.09. The molecule has 2 N–H and O–H groups in total. The molecule has 132 valence electrons. The second-order valence-electron chi connectivity index (χ2n) is 6.97. The molecule has 25 heavy (non-hydrogen) atoms. The zero-order chi connectivity index (χ0) is 17.4. The number of rotatable bonds is 4. The number of thiazole rings is 1. The summed E-state index contributed by atoms with van der Waals surface area (Å²) < 4.78 is 0. The molecule has 3 saturated heterocycles. The van der Waals surface area contributed by atoms with Crippen LogP contribution in [0.25, 0.3) is 10.6 Å². The average Bonchev–Trinajstić information content (AvgIpc) is 3.15. The van der Waals surface area contributed by atoms with E-state index in [0.29, 0.717) is 16.8 Å². The lowest BCUT2D eigenvalue weighted by Gasteiger charge is -2.49. The summed E-state index contributed by atoms with van der Waals surface area (Å²) in [4.78, 5) is 20.4. The molecule has 2 atom stereocenters. The second-order valence-corrected chi connectivity index (χ2v) is 8.00. The Bertz CT molecular complexity index is 764. The number of carbonyl (C=O) groups is 1. The summed E-state index contributed by atoms with van der Waals surface area (Å²) in [5.74, 6) is 0.628. The fraction of sp³-hybridized carbons (Fsp3) is 0.474. The van der Waals surface area contributed by atoms with Gasteiger partial charge in [-0.25, -0.2) is 4.98 Å². The summed E-state index contributed by atoms with van der Waals surface area (Å²) in [5.41, 5.74) is 2.08. The Labute approximate surface area is 152 Å². The molecule has 4 heterocycles. The molecule has 3 fully saturated rings. The van der Waals surface area contributed by atoms with Crippen molar-refractivity contribution < 1.29 is 4.79 Å². The Morgan fingerprint density at radius 3 is 2.84 bits per heavy atom. The third-order valence-electron chi connectivity index (χ3n) is 5.60. The Kier molecular flexibility index (Phi) is 4.48. The Hall–Kier alpha value is -1.92. The standard InChI is InChI=1S/C19H24N4OS/c1-12-17(13-6-8-23(12)9-7-13)22-18(24)16-11-21-19(25-16)14-4-3-5-15(10-14)20-2/h3-5,10-13,17,20H,6-9H2,1-2H3,(H,22,24)/t12-,17+/m1/s1. The van der Waals surface area contributed by atoms with Gasteiger partial charge >= 0.3 is 0 Å². The first-order valence-corrected chi connectivity index (χ1v) is 9.76. The first-order valence-electron chi connectivity index (χ1n) is 8.94. The number of piperidine rings is 3. The molecule has 1 aromatic heterocycles. The SMILES string of the molecule is CNc1cccc(-c2ncc(C(=O)N[C@@H]3C4CCN(CC4)[C@@H]3C)s2)c1. The maximum atomic E-state index is 12.7. The van der Waals surface area contributed by atoms with Gasteiger partial charge in [-0.15, -0.1) is 11.3 Å². The number of anilines is 1. The minimum atomic E-state index is 0.0131. The van der Waals surface area contributed by atoms with Gasteiger partial charge < -0.3 is 10.6 Å². The monoisotopic (exact) mass is 356 g/mol. The van der Waals surface area contributed by atoms with Gasteiger partial charge in [-0.2, -0.15) is 0 Å². The lowest BCUT2D eigenvalue weighted by molar-refractivity contribution is 0.0218. The van der Waals surface area contributed by atoms with Crippen molar-refractivity contribution in [2.24, 2.45) is 5.92 Å². The van der Waals surface area contributed by atoms with Crippen molar-refractivity contribution in [1.29, 1.82) is 0 Å². The van der Waals surface area contributed by atoms with E-state index in [1.54, 1.807) is 6.20 Å². The van der Waals surface area contributed by atoms with E-state index in [-0.39, 0.29) is 11.9 Å². The van der Waals surface area contributed by atoms with Crippen LogP contribution in [0, 0.1) is 5.92 Å². The zero-order valence-corrected chi connectivity index (χ0v) is 15.5. The van der Waals surface area contributed by atoms with Gasteiger partial charge in [0, 0.05) is 30.4 Å². The molecule has 1 aromatic carbocycles. The van der Waals surface area contributed by atoms with Crippen molar-refractivity contribution in [3.8, 4) is 10.6 Å². The molecule has 5 nitrogen and oxygen atoms in total. The van der Waals surface area contributed by atoms with Gasteiger partial charge in [-0.05, 0) is 50.9 Å². The van der Waals surface area contributed by atoms with Crippen molar-refractivity contribution in [2.45, 2.75) is 31.8 Å². The highest BCUT2D eigenvalue weighted by Crippen LogP contribution is 2.33. The summed E-state index contributed by atoms with van der Waals surface area (Å²) in [6, 6.07) is 8.77. The summed E-state index contributed by atoms with van der Waals surface area (Å²) in [5, 5.41) is 7.29. The maximum absolute atomic E-state index is 12.7. The highest BCUT2D eigenvalue weighted by molar-refractivity contribution is 7.16. The Morgan fingerprint density at radius 1 is 1.32 bits per heavy atom. The van der Waals surface area contributed by atoms with E-state index >= 15 is 0 Å². The number of benzene rings is 1. The molecule has 2 aromatic rings. The number of aromatic nitrogens is 1. The van der Waals surface area contributed by atoms with Crippen LogP contribution in [0.5, 0.6) is 0 Å². The number of carbonyl (C=O) groups excluding carboxylic acids is 1. The minimum absolute atomic E-state index is 0.0131. The first kappa shape index (κ1) is 16.5. The summed E-state index contributed by atoms with van der Waals surface area (Å²) >= 11 is 1.46. The Balaban J connectivity index is 1.49. The molecule has 1 amide bonds. The summed E-state index contributed by atoms with van der Waals surface area (Å²) in [6.07, 6.45) is 4.09. The number of hydrogen-bond acceptors (Lipinski definition) is 5. The third-order valence-corrected chi connectivity index (χ3v) is 6.65. The van der Waals surface area contributed by atoms with E-state index < -0.39 is 0 Å². The molecule has 0 aliphatic carbocycles. The van der Waals surface area contributed by atoms with Crippen molar-refractivity contribution >= 4 is 22.9 Å². The predicted octanol–water partition coefficient (Wildman–Crippen LogP) is 3.06. The van der Waals surface area contributed by atoms with Crippen molar-refractivity contribution in [3.05, 3.63) is 35.3 Å². The van der Waals surface area contributed by atoms with Crippen LogP contribution < -0.4 is 10.6 Å². The predicted molar refractivity (Wildman–Crippen MR) is 102 cm³/mol. The normalized spacial score (nSPS) is 27.9. The molecule has 5 rings (SSSR count). The van der Waals surface area contributed by atoms with Gasteiger partial charge in [-0.1, -0.05) is 12.1 Å². The summed E-state index contributed by atoms with van der Waals surface area (Å²) in [7, 11) is 1.90.